The van der Waals surface area contributed by atoms with Crippen molar-refractivity contribution in [1.29, 1.82) is 0 Å². The monoisotopic (exact) mass is 232 g/mol. The minimum absolute atomic E-state index is 0.207. The summed E-state index contributed by atoms with van der Waals surface area (Å²) in [7, 11) is 0. The Morgan fingerprint density at radius 1 is 1.18 bits per heavy atom. The quantitative estimate of drug-likeness (QED) is 0.759. The molecule has 0 fully saturated rings. The third kappa shape index (κ3) is 3.00. The Labute approximate surface area is 99.3 Å². The molecule has 0 saturated carbocycles. The van der Waals surface area contributed by atoms with Crippen molar-refractivity contribution < 1.29 is 9.13 Å². The molecular weight excluding hydrogens is 219 g/mol. The van der Waals surface area contributed by atoms with Gasteiger partial charge in [0.1, 0.15) is 12.1 Å². The molecule has 1 heterocycles. The van der Waals surface area contributed by atoms with E-state index in [9.17, 15) is 4.39 Å². The summed E-state index contributed by atoms with van der Waals surface area (Å²) in [4.78, 5) is 7.21. The maximum Gasteiger partial charge on any atom is 0.225 e. The predicted molar refractivity (Wildman–Crippen MR) is 62.6 cm³/mol. The molecule has 0 N–H and O–H groups in total. The number of nitrogens with zero attached hydrogens (tertiary/aromatic N) is 2. The Hall–Kier alpha value is -1.97. The molecule has 0 unspecified atom stereocenters. The van der Waals surface area contributed by atoms with Crippen molar-refractivity contribution in [2.24, 2.45) is 0 Å². The van der Waals surface area contributed by atoms with Gasteiger partial charge in [-0.25, -0.2) is 9.97 Å². The lowest BCUT2D eigenvalue weighted by atomic mass is 10.0. The van der Waals surface area contributed by atoms with Gasteiger partial charge in [0.25, 0.3) is 0 Å². The van der Waals surface area contributed by atoms with Crippen LogP contribution in [0.25, 0.3) is 0 Å². The molecule has 0 spiro atoms. The van der Waals surface area contributed by atoms with E-state index in [1.165, 1.54) is 0 Å². The van der Waals surface area contributed by atoms with Crippen LogP contribution in [0.15, 0.2) is 36.7 Å². The van der Waals surface area contributed by atoms with Crippen molar-refractivity contribution in [3.05, 3.63) is 48.2 Å². The van der Waals surface area contributed by atoms with Gasteiger partial charge in [-0.1, -0.05) is 26.0 Å². The van der Waals surface area contributed by atoms with Gasteiger partial charge in [0.05, 0.1) is 6.07 Å². The fourth-order valence-corrected chi connectivity index (χ4v) is 1.43. The van der Waals surface area contributed by atoms with Crippen LogP contribution in [-0.2, 0) is 0 Å². The third-order valence-corrected chi connectivity index (χ3v) is 2.36. The normalized spacial score (nSPS) is 10.6. The molecule has 4 heteroatoms. The first kappa shape index (κ1) is 11.5. The highest BCUT2D eigenvalue weighted by atomic mass is 19.1. The molecule has 0 radical (unpaired) electrons. The molecule has 1 aromatic carbocycles. The van der Waals surface area contributed by atoms with E-state index in [-0.39, 0.29) is 5.88 Å². The zero-order chi connectivity index (χ0) is 12.3. The van der Waals surface area contributed by atoms with Gasteiger partial charge < -0.3 is 4.74 Å². The Bertz CT molecular complexity index is 514. The summed E-state index contributed by atoms with van der Waals surface area (Å²) < 4.78 is 18.3. The second-order valence-corrected chi connectivity index (χ2v) is 4.01. The van der Waals surface area contributed by atoms with Gasteiger partial charge in [-0.2, -0.15) is 4.39 Å². The van der Waals surface area contributed by atoms with Gasteiger partial charge >= 0.3 is 0 Å². The number of hydrogen-bond donors (Lipinski definition) is 0. The highest BCUT2D eigenvalue weighted by molar-refractivity contribution is 5.32. The van der Waals surface area contributed by atoms with Crippen LogP contribution in [0.4, 0.5) is 4.39 Å². The van der Waals surface area contributed by atoms with Crippen LogP contribution in [0.2, 0.25) is 0 Å². The summed E-state index contributed by atoms with van der Waals surface area (Å²) in [6.45, 7) is 4.20. The van der Waals surface area contributed by atoms with Gasteiger partial charge in [-0.15, -0.1) is 0 Å². The van der Waals surface area contributed by atoms with Crippen LogP contribution in [-0.4, -0.2) is 9.97 Å². The van der Waals surface area contributed by atoms with E-state index >= 15 is 0 Å². The fraction of sp³-hybridized carbons (Fsp3) is 0.231. The molecule has 0 amide bonds. The number of aromatic nitrogens is 2. The average molecular weight is 232 g/mol. The van der Waals surface area contributed by atoms with E-state index < -0.39 is 5.95 Å². The van der Waals surface area contributed by atoms with E-state index in [0.717, 1.165) is 18.0 Å². The molecule has 0 aliphatic rings. The van der Waals surface area contributed by atoms with Gasteiger partial charge in [0.15, 0.2) is 0 Å². The maximum absolute atomic E-state index is 12.8. The van der Waals surface area contributed by atoms with Crippen molar-refractivity contribution in [2.75, 3.05) is 0 Å². The minimum atomic E-state index is -0.602. The lowest BCUT2D eigenvalue weighted by Crippen LogP contribution is -1.92. The number of rotatable bonds is 3. The summed E-state index contributed by atoms with van der Waals surface area (Å²) >= 11 is 0. The Morgan fingerprint density at radius 3 is 2.71 bits per heavy atom. The molecule has 1 aromatic heterocycles. The van der Waals surface area contributed by atoms with Gasteiger partial charge in [0, 0.05) is 0 Å². The lowest BCUT2D eigenvalue weighted by molar-refractivity contribution is 0.450. The average Bonchev–Trinajstić information content (AvgIpc) is 2.29. The molecule has 0 aliphatic heterocycles. The molecule has 2 aromatic rings. The van der Waals surface area contributed by atoms with Crippen LogP contribution in [0.3, 0.4) is 0 Å². The van der Waals surface area contributed by atoms with Gasteiger partial charge in [0.2, 0.25) is 11.8 Å². The minimum Gasteiger partial charge on any atom is -0.439 e. The summed E-state index contributed by atoms with van der Waals surface area (Å²) in [5.41, 5.74) is 1.16. The second kappa shape index (κ2) is 4.91. The first-order valence-electron chi connectivity index (χ1n) is 5.40. The standard InChI is InChI=1S/C13H13FN2O/c1-9(2)10-4-3-5-11(6-10)17-13-7-12(14)15-8-16-13/h3-9H,1-2H3. The smallest absolute Gasteiger partial charge is 0.225 e. The van der Waals surface area contributed by atoms with Crippen LogP contribution < -0.4 is 4.74 Å². The molecule has 0 aliphatic carbocycles. The number of halogens is 1. The fourth-order valence-electron chi connectivity index (χ4n) is 1.43. The van der Waals surface area contributed by atoms with E-state index in [1.807, 2.05) is 24.3 Å². The highest BCUT2D eigenvalue weighted by Gasteiger charge is 2.04. The SMILES string of the molecule is CC(C)c1cccc(Oc2cc(F)ncn2)c1. The number of benzene rings is 1. The molecular formula is C13H13FN2O. The summed E-state index contributed by atoms with van der Waals surface area (Å²) in [5, 5.41) is 0. The van der Waals surface area contributed by atoms with Crippen molar-refractivity contribution in [3.8, 4) is 11.6 Å². The van der Waals surface area contributed by atoms with E-state index in [1.54, 1.807) is 0 Å². The summed E-state index contributed by atoms with van der Waals surface area (Å²) in [6, 6.07) is 8.82. The number of hydrogen-bond acceptors (Lipinski definition) is 3. The van der Waals surface area contributed by atoms with Crippen molar-refractivity contribution in [1.82, 2.24) is 9.97 Å². The van der Waals surface area contributed by atoms with Crippen LogP contribution >= 0.6 is 0 Å². The highest BCUT2D eigenvalue weighted by Crippen LogP contribution is 2.23. The van der Waals surface area contributed by atoms with Crippen molar-refractivity contribution >= 4 is 0 Å². The Balaban J connectivity index is 2.21. The van der Waals surface area contributed by atoms with Gasteiger partial charge in [-0.05, 0) is 23.6 Å². The van der Waals surface area contributed by atoms with Crippen LogP contribution in [0, 0.1) is 5.95 Å². The zero-order valence-corrected chi connectivity index (χ0v) is 9.72. The summed E-state index contributed by atoms with van der Waals surface area (Å²) in [6.07, 6.45) is 1.14. The molecule has 17 heavy (non-hydrogen) atoms. The topological polar surface area (TPSA) is 35.0 Å². The lowest BCUT2D eigenvalue weighted by Gasteiger charge is -2.08. The first-order valence-corrected chi connectivity index (χ1v) is 5.40. The zero-order valence-electron chi connectivity index (χ0n) is 9.72. The molecule has 0 saturated heterocycles. The van der Waals surface area contributed by atoms with E-state index in [4.69, 9.17) is 4.74 Å². The van der Waals surface area contributed by atoms with Crippen LogP contribution in [0.5, 0.6) is 11.6 Å². The van der Waals surface area contributed by atoms with Crippen molar-refractivity contribution in [2.45, 2.75) is 19.8 Å². The maximum atomic E-state index is 12.8. The predicted octanol–water partition coefficient (Wildman–Crippen LogP) is 3.53. The van der Waals surface area contributed by atoms with Crippen LogP contribution in [0.1, 0.15) is 25.3 Å². The first-order chi connectivity index (χ1) is 8.15. The molecule has 2 rings (SSSR count). The third-order valence-electron chi connectivity index (χ3n) is 2.36. The van der Waals surface area contributed by atoms with E-state index in [0.29, 0.717) is 11.7 Å². The van der Waals surface area contributed by atoms with E-state index in [2.05, 4.69) is 23.8 Å². The Morgan fingerprint density at radius 2 is 2.00 bits per heavy atom. The van der Waals surface area contributed by atoms with Gasteiger partial charge in [-0.3, -0.25) is 0 Å². The molecule has 0 bridgehead atoms. The van der Waals surface area contributed by atoms with Crippen molar-refractivity contribution in [3.63, 3.8) is 0 Å². The second-order valence-electron chi connectivity index (χ2n) is 4.01. The largest absolute Gasteiger partial charge is 0.439 e. The molecule has 88 valence electrons. The Kier molecular flexibility index (Phi) is 3.32. The molecule has 0 atom stereocenters. The molecule has 3 nitrogen and oxygen atoms in total. The number of ether oxygens (including phenoxy) is 1. The summed E-state index contributed by atoms with van der Waals surface area (Å²) in [5.74, 6) is 0.670.